The van der Waals surface area contributed by atoms with Crippen molar-refractivity contribution in [3.8, 4) is 11.1 Å². The number of carbonyl (C=O) groups is 1. The van der Waals surface area contributed by atoms with Gasteiger partial charge in [0, 0.05) is 0 Å². The molecular weight excluding hydrogens is 344 g/mol. The van der Waals surface area contributed by atoms with Crippen molar-refractivity contribution in [3.05, 3.63) is 70.8 Å². The lowest BCUT2D eigenvalue weighted by molar-refractivity contribution is 0.0696. The lowest BCUT2D eigenvalue weighted by Crippen LogP contribution is -2.33. The molecule has 1 aliphatic rings. The Morgan fingerprint density at radius 3 is 2.11 bits per heavy atom. The average Bonchev–Trinajstić information content (AvgIpc) is 2.65. The van der Waals surface area contributed by atoms with Crippen molar-refractivity contribution < 1.29 is 9.90 Å². The van der Waals surface area contributed by atoms with Crippen LogP contribution in [0.25, 0.3) is 21.9 Å². The van der Waals surface area contributed by atoms with Crippen LogP contribution in [0.5, 0.6) is 0 Å². The SMILES string of the molecule is Cc1c(C(=O)O)ccc2cc(-c3ccc4c(c3)C(C)(C)CCC4(C)C)ccc12. The molecule has 4 rings (SSSR count). The maximum absolute atomic E-state index is 11.4. The highest BCUT2D eigenvalue weighted by Crippen LogP contribution is 2.46. The van der Waals surface area contributed by atoms with Gasteiger partial charge in [0.2, 0.25) is 0 Å². The molecule has 0 bridgehead atoms. The maximum atomic E-state index is 11.4. The van der Waals surface area contributed by atoms with Crippen LogP contribution in [0.1, 0.15) is 67.6 Å². The number of aryl methyl sites for hydroxylation is 1. The van der Waals surface area contributed by atoms with E-state index in [-0.39, 0.29) is 10.8 Å². The second-order valence-corrected chi connectivity index (χ2v) is 9.51. The van der Waals surface area contributed by atoms with Crippen molar-refractivity contribution in [3.63, 3.8) is 0 Å². The van der Waals surface area contributed by atoms with Gasteiger partial charge < -0.3 is 5.11 Å². The molecule has 0 atom stereocenters. The van der Waals surface area contributed by atoms with Crippen LogP contribution in [0.4, 0.5) is 0 Å². The molecule has 1 aliphatic carbocycles. The number of fused-ring (bicyclic) bond motifs is 2. The van der Waals surface area contributed by atoms with Crippen LogP contribution >= 0.6 is 0 Å². The standard InChI is InChI=1S/C26H28O2/c1-16-20-9-6-17(14-19(20)7-10-21(16)24(27)28)18-8-11-22-23(15-18)26(4,5)13-12-25(22,2)3/h6-11,14-15H,12-13H2,1-5H3,(H,27,28). The van der Waals surface area contributed by atoms with E-state index in [2.05, 4.69) is 64.1 Å². The highest BCUT2D eigenvalue weighted by Gasteiger charge is 2.36. The summed E-state index contributed by atoms with van der Waals surface area (Å²) >= 11 is 0. The topological polar surface area (TPSA) is 37.3 Å². The number of carboxylic acids is 1. The first-order valence-electron chi connectivity index (χ1n) is 10.0. The summed E-state index contributed by atoms with van der Waals surface area (Å²) in [6, 6.07) is 16.9. The molecule has 0 saturated heterocycles. The molecule has 0 saturated carbocycles. The van der Waals surface area contributed by atoms with E-state index in [0.29, 0.717) is 5.56 Å². The summed E-state index contributed by atoms with van der Waals surface area (Å²) < 4.78 is 0. The smallest absolute Gasteiger partial charge is 0.335 e. The molecule has 0 heterocycles. The molecule has 28 heavy (non-hydrogen) atoms. The maximum Gasteiger partial charge on any atom is 0.335 e. The van der Waals surface area contributed by atoms with E-state index in [1.54, 1.807) is 6.07 Å². The van der Waals surface area contributed by atoms with Crippen LogP contribution in [0, 0.1) is 6.92 Å². The third kappa shape index (κ3) is 2.92. The van der Waals surface area contributed by atoms with E-state index in [9.17, 15) is 9.90 Å². The summed E-state index contributed by atoms with van der Waals surface area (Å²) in [5, 5.41) is 11.4. The summed E-state index contributed by atoms with van der Waals surface area (Å²) in [5.74, 6) is -0.872. The van der Waals surface area contributed by atoms with Crippen LogP contribution in [0.15, 0.2) is 48.5 Å². The highest BCUT2D eigenvalue weighted by molar-refractivity contribution is 5.98. The quantitative estimate of drug-likeness (QED) is 0.533. The minimum Gasteiger partial charge on any atom is -0.478 e. The third-order valence-corrected chi connectivity index (χ3v) is 6.71. The van der Waals surface area contributed by atoms with E-state index in [0.717, 1.165) is 16.3 Å². The summed E-state index contributed by atoms with van der Waals surface area (Å²) in [7, 11) is 0. The lowest BCUT2D eigenvalue weighted by Gasteiger charge is -2.42. The number of benzene rings is 3. The van der Waals surface area contributed by atoms with Gasteiger partial charge in [-0.15, -0.1) is 0 Å². The Morgan fingerprint density at radius 2 is 1.43 bits per heavy atom. The summed E-state index contributed by atoms with van der Waals surface area (Å²) in [5.41, 5.74) is 6.93. The molecule has 0 spiro atoms. The predicted molar refractivity (Wildman–Crippen MR) is 116 cm³/mol. The van der Waals surface area contributed by atoms with E-state index >= 15 is 0 Å². The second-order valence-electron chi connectivity index (χ2n) is 9.51. The Kier molecular flexibility index (Phi) is 4.15. The average molecular weight is 373 g/mol. The van der Waals surface area contributed by atoms with E-state index in [1.165, 1.54) is 35.1 Å². The zero-order valence-electron chi connectivity index (χ0n) is 17.4. The minimum atomic E-state index is -0.872. The van der Waals surface area contributed by atoms with Gasteiger partial charge in [0.25, 0.3) is 0 Å². The van der Waals surface area contributed by atoms with Gasteiger partial charge in [-0.05, 0) is 81.3 Å². The summed E-state index contributed by atoms with van der Waals surface area (Å²) in [6.45, 7) is 11.3. The van der Waals surface area contributed by atoms with Gasteiger partial charge in [-0.25, -0.2) is 4.79 Å². The Balaban J connectivity index is 1.85. The normalized spacial score (nSPS) is 17.3. The molecule has 144 valence electrons. The van der Waals surface area contributed by atoms with Crippen LogP contribution in [-0.4, -0.2) is 11.1 Å². The zero-order chi connectivity index (χ0) is 20.3. The molecule has 1 N–H and O–H groups in total. The highest BCUT2D eigenvalue weighted by atomic mass is 16.4. The Hall–Kier alpha value is -2.61. The molecular formula is C26H28O2. The van der Waals surface area contributed by atoms with Gasteiger partial charge in [-0.2, -0.15) is 0 Å². The lowest BCUT2D eigenvalue weighted by atomic mass is 9.63. The first-order valence-corrected chi connectivity index (χ1v) is 10.0. The van der Waals surface area contributed by atoms with Crippen molar-refractivity contribution in [1.82, 2.24) is 0 Å². The molecule has 2 heteroatoms. The van der Waals surface area contributed by atoms with Crippen molar-refractivity contribution in [2.24, 2.45) is 0 Å². The molecule has 3 aromatic rings. The molecule has 0 aromatic heterocycles. The van der Waals surface area contributed by atoms with Gasteiger partial charge in [-0.1, -0.05) is 64.1 Å². The fraction of sp³-hybridized carbons (Fsp3) is 0.346. The van der Waals surface area contributed by atoms with Gasteiger partial charge in [0.15, 0.2) is 0 Å². The molecule has 0 unspecified atom stereocenters. The molecule has 2 nitrogen and oxygen atoms in total. The van der Waals surface area contributed by atoms with Gasteiger partial charge in [0.1, 0.15) is 0 Å². The first-order chi connectivity index (χ1) is 13.1. The first kappa shape index (κ1) is 18.7. The molecule has 0 radical (unpaired) electrons. The van der Waals surface area contributed by atoms with Gasteiger partial charge in [-0.3, -0.25) is 0 Å². The van der Waals surface area contributed by atoms with Crippen LogP contribution < -0.4 is 0 Å². The number of hydrogen-bond donors (Lipinski definition) is 1. The Labute approximate surface area is 167 Å². The Bertz CT molecular complexity index is 1100. The van der Waals surface area contributed by atoms with E-state index in [4.69, 9.17) is 0 Å². The van der Waals surface area contributed by atoms with Crippen LogP contribution in [-0.2, 0) is 10.8 Å². The van der Waals surface area contributed by atoms with Crippen molar-refractivity contribution >= 4 is 16.7 Å². The van der Waals surface area contributed by atoms with E-state index in [1.807, 2.05) is 13.0 Å². The van der Waals surface area contributed by atoms with Crippen molar-refractivity contribution in [1.29, 1.82) is 0 Å². The minimum absolute atomic E-state index is 0.185. The molecule has 0 aliphatic heterocycles. The Morgan fingerprint density at radius 1 is 0.821 bits per heavy atom. The van der Waals surface area contributed by atoms with Crippen molar-refractivity contribution in [2.75, 3.05) is 0 Å². The number of carboxylic acid groups (broad SMARTS) is 1. The molecule has 3 aromatic carbocycles. The summed E-state index contributed by atoms with van der Waals surface area (Å²) in [4.78, 5) is 11.4. The second kappa shape index (κ2) is 6.20. The largest absolute Gasteiger partial charge is 0.478 e. The summed E-state index contributed by atoms with van der Waals surface area (Å²) in [6.07, 6.45) is 2.42. The number of hydrogen-bond acceptors (Lipinski definition) is 1. The zero-order valence-corrected chi connectivity index (χ0v) is 17.4. The number of rotatable bonds is 2. The fourth-order valence-corrected chi connectivity index (χ4v) is 4.66. The van der Waals surface area contributed by atoms with Gasteiger partial charge >= 0.3 is 5.97 Å². The third-order valence-electron chi connectivity index (χ3n) is 6.71. The predicted octanol–water partition coefficient (Wildman–Crippen LogP) is 6.86. The van der Waals surface area contributed by atoms with E-state index < -0.39 is 5.97 Å². The number of aromatic carboxylic acids is 1. The monoisotopic (exact) mass is 372 g/mol. The molecule has 0 amide bonds. The van der Waals surface area contributed by atoms with Crippen molar-refractivity contribution in [2.45, 2.75) is 58.3 Å². The van der Waals surface area contributed by atoms with Crippen LogP contribution in [0.2, 0.25) is 0 Å². The van der Waals surface area contributed by atoms with Gasteiger partial charge in [0.05, 0.1) is 5.56 Å². The van der Waals surface area contributed by atoms with Crippen LogP contribution in [0.3, 0.4) is 0 Å². The fourth-order valence-electron chi connectivity index (χ4n) is 4.66. The molecule has 0 fully saturated rings.